The molecule has 0 spiro atoms. The molecule has 1 rings (SSSR count). The summed E-state index contributed by atoms with van der Waals surface area (Å²) in [5.74, 6) is -3.50. The van der Waals surface area contributed by atoms with E-state index in [4.69, 9.17) is 5.73 Å². The highest BCUT2D eigenvalue weighted by atomic mass is 79.9. The number of carbonyl (C=O) groups is 2. The van der Waals surface area contributed by atoms with Gasteiger partial charge in [0.15, 0.2) is 0 Å². The van der Waals surface area contributed by atoms with E-state index in [2.05, 4.69) is 21.2 Å². The number of rotatable bonds is 4. The molecule has 0 radical (unpaired) electrons. The van der Waals surface area contributed by atoms with Gasteiger partial charge in [0.2, 0.25) is 5.91 Å². The van der Waals surface area contributed by atoms with Crippen molar-refractivity contribution in [1.29, 1.82) is 0 Å². The maximum absolute atomic E-state index is 13.5. The van der Waals surface area contributed by atoms with Gasteiger partial charge < -0.3 is 11.1 Å². The number of carbonyl (C=O) groups excluding carboxylic acids is 2. The minimum atomic E-state index is -0.981. The summed E-state index contributed by atoms with van der Waals surface area (Å²) in [4.78, 5) is 22.3. The monoisotopic (exact) mass is 320 g/mol. The fourth-order valence-electron chi connectivity index (χ4n) is 1.41. The first kappa shape index (κ1) is 14.6. The van der Waals surface area contributed by atoms with Crippen LogP contribution in [0, 0.1) is 11.6 Å². The zero-order valence-electron chi connectivity index (χ0n) is 9.47. The number of amides is 2. The van der Waals surface area contributed by atoms with Gasteiger partial charge in [0, 0.05) is 16.9 Å². The van der Waals surface area contributed by atoms with E-state index in [1.807, 2.05) is 0 Å². The molecule has 18 heavy (non-hydrogen) atoms. The van der Waals surface area contributed by atoms with Crippen LogP contribution in [0.5, 0.6) is 0 Å². The summed E-state index contributed by atoms with van der Waals surface area (Å²) in [6.45, 7) is 1.51. The van der Waals surface area contributed by atoms with E-state index >= 15 is 0 Å². The molecule has 1 aromatic rings. The Kier molecular flexibility index (Phi) is 4.77. The smallest absolute Gasteiger partial charge is 0.257 e. The first-order valence-corrected chi connectivity index (χ1v) is 5.84. The number of hydrogen-bond donors (Lipinski definition) is 2. The molecule has 0 fully saturated rings. The fraction of sp³-hybridized carbons (Fsp3) is 0.273. The Balaban J connectivity index is 2.88. The molecule has 2 amide bonds. The standard InChI is InChI=1S/C11H11BrF2N2O2/c1-5(2-9(15)17)16-11(18)10-7(13)3-6(12)4-8(10)14/h3-5H,2H2,1H3,(H2,15,17)(H,16,18). The van der Waals surface area contributed by atoms with Crippen LogP contribution in [0.25, 0.3) is 0 Å². The quantitative estimate of drug-likeness (QED) is 0.886. The van der Waals surface area contributed by atoms with Crippen LogP contribution in [0.1, 0.15) is 23.7 Å². The Morgan fingerprint density at radius 3 is 2.33 bits per heavy atom. The SMILES string of the molecule is CC(CC(N)=O)NC(=O)c1c(F)cc(Br)cc1F. The van der Waals surface area contributed by atoms with Crippen molar-refractivity contribution in [1.82, 2.24) is 5.32 Å². The zero-order chi connectivity index (χ0) is 13.9. The zero-order valence-corrected chi connectivity index (χ0v) is 11.1. The van der Waals surface area contributed by atoms with Gasteiger partial charge in [-0.25, -0.2) is 8.78 Å². The molecule has 0 bridgehead atoms. The normalized spacial score (nSPS) is 12.0. The van der Waals surface area contributed by atoms with Gasteiger partial charge in [-0.3, -0.25) is 9.59 Å². The highest BCUT2D eigenvalue weighted by Gasteiger charge is 2.20. The lowest BCUT2D eigenvalue weighted by Crippen LogP contribution is -2.36. The third-order valence-electron chi connectivity index (χ3n) is 2.12. The van der Waals surface area contributed by atoms with Crippen molar-refractivity contribution in [3.05, 3.63) is 33.8 Å². The number of primary amides is 1. The summed E-state index contributed by atoms with van der Waals surface area (Å²) in [6.07, 6.45) is -0.106. The second kappa shape index (κ2) is 5.90. The van der Waals surface area contributed by atoms with Gasteiger partial charge in [-0.15, -0.1) is 0 Å². The molecule has 3 N–H and O–H groups in total. The average molecular weight is 321 g/mol. The van der Waals surface area contributed by atoms with Gasteiger partial charge in [-0.1, -0.05) is 15.9 Å². The van der Waals surface area contributed by atoms with Crippen molar-refractivity contribution in [2.24, 2.45) is 5.73 Å². The van der Waals surface area contributed by atoms with Crippen molar-refractivity contribution >= 4 is 27.7 Å². The average Bonchev–Trinajstić information content (AvgIpc) is 2.12. The highest BCUT2D eigenvalue weighted by molar-refractivity contribution is 9.10. The lowest BCUT2D eigenvalue weighted by atomic mass is 10.1. The summed E-state index contributed by atoms with van der Waals surface area (Å²) in [5.41, 5.74) is 4.26. The third kappa shape index (κ3) is 3.76. The number of halogens is 3. The fourth-order valence-corrected chi connectivity index (χ4v) is 1.81. The maximum Gasteiger partial charge on any atom is 0.257 e. The van der Waals surface area contributed by atoms with E-state index in [0.29, 0.717) is 0 Å². The molecular weight excluding hydrogens is 310 g/mol. The first-order valence-electron chi connectivity index (χ1n) is 5.05. The lowest BCUT2D eigenvalue weighted by molar-refractivity contribution is -0.118. The van der Waals surface area contributed by atoms with Crippen LogP contribution in [-0.4, -0.2) is 17.9 Å². The Morgan fingerprint density at radius 2 is 1.89 bits per heavy atom. The molecule has 0 aliphatic rings. The molecule has 0 saturated carbocycles. The van der Waals surface area contributed by atoms with E-state index in [0.717, 1.165) is 12.1 Å². The third-order valence-corrected chi connectivity index (χ3v) is 2.58. The van der Waals surface area contributed by atoms with Crippen LogP contribution in [0.3, 0.4) is 0 Å². The predicted molar refractivity (Wildman–Crippen MR) is 64.8 cm³/mol. The minimum Gasteiger partial charge on any atom is -0.370 e. The van der Waals surface area contributed by atoms with E-state index < -0.39 is 35.1 Å². The predicted octanol–water partition coefficient (Wildman–Crippen LogP) is 1.72. The van der Waals surface area contributed by atoms with Gasteiger partial charge >= 0.3 is 0 Å². The second-order valence-corrected chi connectivity index (χ2v) is 4.71. The van der Waals surface area contributed by atoms with Crippen LogP contribution in [0.4, 0.5) is 8.78 Å². The number of hydrogen-bond acceptors (Lipinski definition) is 2. The molecule has 0 aliphatic heterocycles. The largest absolute Gasteiger partial charge is 0.370 e. The summed E-state index contributed by atoms with van der Waals surface area (Å²) in [5, 5.41) is 2.29. The second-order valence-electron chi connectivity index (χ2n) is 3.79. The molecule has 1 aromatic carbocycles. The Hall–Kier alpha value is -1.50. The van der Waals surface area contributed by atoms with Crippen LogP contribution < -0.4 is 11.1 Å². The Bertz CT molecular complexity index is 471. The minimum absolute atomic E-state index is 0.106. The van der Waals surface area contributed by atoms with Crippen LogP contribution in [0.15, 0.2) is 16.6 Å². The molecule has 0 heterocycles. The highest BCUT2D eigenvalue weighted by Crippen LogP contribution is 2.19. The Labute approximate surface area is 111 Å². The molecular formula is C11H11BrF2N2O2. The van der Waals surface area contributed by atoms with Crippen molar-refractivity contribution in [2.75, 3.05) is 0 Å². The number of benzene rings is 1. The lowest BCUT2D eigenvalue weighted by Gasteiger charge is -2.13. The molecule has 0 aromatic heterocycles. The molecule has 4 nitrogen and oxygen atoms in total. The molecule has 0 saturated heterocycles. The van der Waals surface area contributed by atoms with Gasteiger partial charge in [-0.05, 0) is 19.1 Å². The molecule has 0 aliphatic carbocycles. The van der Waals surface area contributed by atoms with Gasteiger partial charge in [0.05, 0.1) is 0 Å². The van der Waals surface area contributed by atoms with Crippen LogP contribution in [-0.2, 0) is 4.79 Å². The van der Waals surface area contributed by atoms with Crippen LogP contribution in [0.2, 0.25) is 0 Å². The first-order chi connectivity index (χ1) is 8.31. The topological polar surface area (TPSA) is 72.2 Å². The summed E-state index contributed by atoms with van der Waals surface area (Å²) in [6, 6.07) is 1.37. The summed E-state index contributed by atoms with van der Waals surface area (Å²) in [7, 11) is 0. The summed E-state index contributed by atoms with van der Waals surface area (Å²) >= 11 is 2.91. The van der Waals surface area contributed by atoms with Crippen molar-refractivity contribution in [3.8, 4) is 0 Å². The number of nitrogens with two attached hydrogens (primary N) is 1. The molecule has 98 valence electrons. The van der Waals surface area contributed by atoms with Crippen molar-refractivity contribution in [2.45, 2.75) is 19.4 Å². The van der Waals surface area contributed by atoms with Crippen molar-refractivity contribution < 1.29 is 18.4 Å². The molecule has 7 heteroatoms. The van der Waals surface area contributed by atoms with Gasteiger partial charge in [0.1, 0.15) is 17.2 Å². The number of nitrogens with one attached hydrogen (secondary N) is 1. The van der Waals surface area contributed by atoms with E-state index in [1.165, 1.54) is 6.92 Å². The molecule has 1 atom stereocenters. The molecule has 1 unspecified atom stereocenters. The Morgan fingerprint density at radius 1 is 1.39 bits per heavy atom. The van der Waals surface area contributed by atoms with E-state index in [-0.39, 0.29) is 10.9 Å². The maximum atomic E-state index is 13.5. The van der Waals surface area contributed by atoms with E-state index in [1.54, 1.807) is 0 Å². The van der Waals surface area contributed by atoms with Crippen LogP contribution >= 0.6 is 15.9 Å². The van der Waals surface area contributed by atoms with Crippen molar-refractivity contribution in [3.63, 3.8) is 0 Å². The van der Waals surface area contributed by atoms with Gasteiger partial charge in [-0.2, -0.15) is 0 Å². The van der Waals surface area contributed by atoms with E-state index in [9.17, 15) is 18.4 Å². The van der Waals surface area contributed by atoms with Gasteiger partial charge in [0.25, 0.3) is 5.91 Å². The summed E-state index contributed by atoms with van der Waals surface area (Å²) < 4.78 is 27.1.